The van der Waals surface area contributed by atoms with Crippen molar-refractivity contribution >= 4 is 21.6 Å². The average molecular weight is 291 g/mol. The maximum Gasteiger partial charge on any atom is 0.262 e. The molecule has 0 aromatic carbocycles. The van der Waals surface area contributed by atoms with Crippen molar-refractivity contribution in [3.8, 4) is 0 Å². The first kappa shape index (κ1) is 12.9. The Bertz CT molecular complexity index is 811. The molecule has 7 nitrogen and oxygen atoms in total. The van der Waals surface area contributed by atoms with E-state index in [0.717, 1.165) is 4.83 Å². The van der Waals surface area contributed by atoms with Crippen molar-refractivity contribution in [1.82, 2.24) is 19.7 Å². The average Bonchev–Trinajstić information content (AvgIpc) is 3.01. The van der Waals surface area contributed by atoms with Crippen LogP contribution in [0.2, 0.25) is 0 Å². The summed E-state index contributed by atoms with van der Waals surface area (Å²) in [5, 5.41) is 6.25. The highest BCUT2D eigenvalue weighted by molar-refractivity contribution is 7.16. The molecule has 3 aromatic rings. The molecule has 3 heterocycles. The van der Waals surface area contributed by atoms with E-state index in [0.29, 0.717) is 17.1 Å². The van der Waals surface area contributed by atoms with E-state index in [4.69, 9.17) is 10.3 Å². The first-order valence-electron chi connectivity index (χ1n) is 6.00. The molecule has 0 saturated carbocycles. The number of fused-ring (bicyclic) bond motifs is 1. The zero-order chi connectivity index (χ0) is 14.3. The van der Waals surface area contributed by atoms with E-state index >= 15 is 0 Å². The first-order valence-corrected chi connectivity index (χ1v) is 6.88. The van der Waals surface area contributed by atoms with Crippen LogP contribution in [-0.2, 0) is 12.1 Å². The molecule has 104 valence electrons. The molecule has 3 rings (SSSR count). The fraction of sp³-hybridized carbons (Fsp3) is 0.333. The van der Waals surface area contributed by atoms with Crippen LogP contribution in [0.5, 0.6) is 0 Å². The Morgan fingerprint density at radius 3 is 3.00 bits per heavy atom. The third-order valence-corrected chi connectivity index (χ3v) is 3.62. The number of nitrogens with zero attached hydrogens (tertiary/aromatic N) is 4. The Hall–Kier alpha value is -2.06. The smallest absolute Gasteiger partial charge is 0.262 e. The van der Waals surface area contributed by atoms with Gasteiger partial charge in [0.05, 0.1) is 17.3 Å². The van der Waals surface area contributed by atoms with Crippen LogP contribution in [0, 0.1) is 0 Å². The van der Waals surface area contributed by atoms with Gasteiger partial charge in [-0.1, -0.05) is 5.16 Å². The molecule has 0 aliphatic heterocycles. The van der Waals surface area contributed by atoms with Crippen LogP contribution in [-0.4, -0.2) is 19.7 Å². The SMILES string of the molecule is CC(C)(N)c1noc(Cn2cnc3sccc3c2=O)n1. The second kappa shape index (κ2) is 4.50. The standard InChI is InChI=1S/C12H13N5O2S/c1-12(2,13)11-15-8(19-16-11)5-17-6-14-9-7(10(17)18)3-4-20-9/h3-4,6H,5,13H2,1-2H3. The largest absolute Gasteiger partial charge is 0.337 e. The summed E-state index contributed by atoms with van der Waals surface area (Å²) in [6.07, 6.45) is 1.48. The third kappa shape index (κ3) is 2.23. The van der Waals surface area contributed by atoms with E-state index in [9.17, 15) is 4.79 Å². The molecule has 0 unspecified atom stereocenters. The van der Waals surface area contributed by atoms with Crippen molar-refractivity contribution in [3.63, 3.8) is 0 Å². The van der Waals surface area contributed by atoms with E-state index in [2.05, 4.69) is 15.1 Å². The lowest BCUT2D eigenvalue weighted by molar-refractivity contribution is 0.354. The molecule has 0 spiro atoms. The molecule has 0 amide bonds. The molecule has 0 aliphatic rings. The predicted molar refractivity (Wildman–Crippen MR) is 74.5 cm³/mol. The molecule has 3 aromatic heterocycles. The first-order chi connectivity index (χ1) is 9.45. The van der Waals surface area contributed by atoms with Crippen LogP contribution in [0.15, 0.2) is 27.1 Å². The summed E-state index contributed by atoms with van der Waals surface area (Å²) in [5.74, 6) is 0.738. The summed E-state index contributed by atoms with van der Waals surface area (Å²) in [6, 6.07) is 1.76. The monoisotopic (exact) mass is 291 g/mol. The lowest BCUT2D eigenvalue weighted by atomic mass is 10.1. The van der Waals surface area contributed by atoms with E-state index < -0.39 is 5.54 Å². The van der Waals surface area contributed by atoms with Crippen LogP contribution in [0.1, 0.15) is 25.6 Å². The lowest BCUT2D eigenvalue weighted by Crippen LogP contribution is -2.30. The Labute approximate surface area is 118 Å². The van der Waals surface area contributed by atoms with Gasteiger partial charge in [0.2, 0.25) is 5.89 Å². The normalized spacial score (nSPS) is 12.2. The van der Waals surface area contributed by atoms with E-state index in [1.807, 2.05) is 5.38 Å². The third-order valence-electron chi connectivity index (χ3n) is 2.80. The Morgan fingerprint density at radius 1 is 1.50 bits per heavy atom. The summed E-state index contributed by atoms with van der Waals surface area (Å²) in [6.45, 7) is 3.75. The molecular formula is C12H13N5O2S. The van der Waals surface area contributed by atoms with Crippen LogP contribution < -0.4 is 11.3 Å². The summed E-state index contributed by atoms with van der Waals surface area (Å²) < 4.78 is 6.56. The highest BCUT2D eigenvalue weighted by Crippen LogP contribution is 2.15. The maximum atomic E-state index is 12.2. The molecule has 2 N–H and O–H groups in total. The highest BCUT2D eigenvalue weighted by Gasteiger charge is 2.21. The molecule has 0 aliphatic carbocycles. The number of thiophene rings is 1. The number of nitrogens with two attached hydrogens (primary N) is 1. The van der Waals surface area contributed by atoms with Gasteiger partial charge < -0.3 is 10.3 Å². The molecule has 8 heteroatoms. The molecule has 0 saturated heterocycles. The minimum absolute atomic E-state index is 0.122. The second-order valence-corrected chi connectivity index (χ2v) is 5.95. The predicted octanol–water partition coefficient (Wildman–Crippen LogP) is 1.08. The van der Waals surface area contributed by atoms with Crippen LogP contribution >= 0.6 is 11.3 Å². The van der Waals surface area contributed by atoms with Gasteiger partial charge in [-0.3, -0.25) is 9.36 Å². The fourth-order valence-corrected chi connectivity index (χ4v) is 2.46. The summed E-state index contributed by atoms with van der Waals surface area (Å²) in [7, 11) is 0. The van der Waals surface area contributed by atoms with E-state index in [1.165, 1.54) is 22.2 Å². The van der Waals surface area contributed by atoms with Gasteiger partial charge in [0.25, 0.3) is 5.56 Å². The van der Waals surface area contributed by atoms with Gasteiger partial charge in [-0.2, -0.15) is 4.98 Å². The number of hydrogen-bond donors (Lipinski definition) is 1. The van der Waals surface area contributed by atoms with Gasteiger partial charge in [-0.25, -0.2) is 4.98 Å². The lowest BCUT2D eigenvalue weighted by Gasteiger charge is -2.11. The highest BCUT2D eigenvalue weighted by atomic mass is 32.1. The van der Waals surface area contributed by atoms with Crippen molar-refractivity contribution in [2.45, 2.75) is 25.9 Å². The van der Waals surface area contributed by atoms with Gasteiger partial charge in [0, 0.05) is 0 Å². The van der Waals surface area contributed by atoms with Crippen LogP contribution in [0.4, 0.5) is 0 Å². The molecule has 0 fully saturated rings. The minimum atomic E-state index is -0.678. The van der Waals surface area contributed by atoms with Gasteiger partial charge in [-0.15, -0.1) is 11.3 Å². The van der Waals surface area contributed by atoms with Crippen LogP contribution in [0.25, 0.3) is 10.2 Å². The van der Waals surface area contributed by atoms with Crippen molar-refractivity contribution in [2.24, 2.45) is 5.73 Å². The summed E-state index contributed by atoms with van der Waals surface area (Å²) in [4.78, 5) is 21.4. The molecular weight excluding hydrogens is 278 g/mol. The topological polar surface area (TPSA) is 99.8 Å². The minimum Gasteiger partial charge on any atom is -0.337 e. The van der Waals surface area contributed by atoms with E-state index in [1.54, 1.807) is 19.9 Å². The molecule has 0 atom stereocenters. The second-order valence-electron chi connectivity index (χ2n) is 5.05. The Kier molecular flexibility index (Phi) is 2.91. The Balaban J connectivity index is 1.95. The molecule has 20 heavy (non-hydrogen) atoms. The number of hydrogen-bond acceptors (Lipinski definition) is 7. The Morgan fingerprint density at radius 2 is 2.30 bits per heavy atom. The van der Waals surface area contributed by atoms with Crippen molar-refractivity contribution in [3.05, 3.63) is 39.8 Å². The van der Waals surface area contributed by atoms with Crippen molar-refractivity contribution in [1.29, 1.82) is 0 Å². The zero-order valence-electron chi connectivity index (χ0n) is 11.0. The summed E-state index contributed by atoms with van der Waals surface area (Å²) in [5.41, 5.74) is 5.09. The molecule has 0 bridgehead atoms. The number of aromatic nitrogens is 4. The van der Waals surface area contributed by atoms with Gasteiger partial charge >= 0.3 is 0 Å². The number of rotatable bonds is 3. The fourth-order valence-electron chi connectivity index (χ4n) is 1.73. The summed E-state index contributed by atoms with van der Waals surface area (Å²) >= 11 is 1.43. The van der Waals surface area contributed by atoms with Gasteiger partial charge in [0.15, 0.2) is 5.82 Å². The quantitative estimate of drug-likeness (QED) is 0.775. The van der Waals surface area contributed by atoms with Gasteiger partial charge in [0.1, 0.15) is 11.4 Å². The van der Waals surface area contributed by atoms with Crippen molar-refractivity contribution in [2.75, 3.05) is 0 Å². The maximum absolute atomic E-state index is 12.2. The zero-order valence-corrected chi connectivity index (χ0v) is 11.8. The van der Waals surface area contributed by atoms with E-state index in [-0.39, 0.29) is 12.1 Å². The van der Waals surface area contributed by atoms with Crippen molar-refractivity contribution < 1.29 is 4.52 Å². The van der Waals surface area contributed by atoms with Crippen LogP contribution in [0.3, 0.4) is 0 Å². The van der Waals surface area contributed by atoms with Gasteiger partial charge in [-0.05, 0) is 25.3 Å². The molecule has 0 radical (unpaired) electrons.